The van der Waals surface area contributed by atoms with Gasteiger partial charge in [-0.2, -0.15) is 9.61 Å². The Morgan fingerprint density at radius 1 is 1.38 bits per heavy atom. The predicted molar refractivity (Wildman–Crippen MR) is 85.5 cm³/mol. The van der Waals surface area contributed by atoms with Gasteiger partial charge in [0.15, 0.2) is 5.65 Å². The third kappa shape index (κ3) is 2.88. The highest BCUT2D eigenvalue weighted by Gasteiger charge is 2.23. The van der Waals surface area contributed by atoms with Crippen molar-refractivity contribution in [1.29, 1.82) is 0 Å². The van der Waals surface area contributed by atoms with Crippen LogP contribution in [0.4, 0.5) is 5.82 Å². The molecule has 0 spiro atoms. The van der Waals surface area contributed by atoms with Gasteiger partial charge in [-0.25, -0.2) is 4.98 Å². The molecule has 1 saturated carbocycles. The lowest BCUT2D eigenvalue weighted by molar-refractivity contribution is 0.621. The van der Waals surface area contributed by atoms with Gasteiger partial charge in [0.25, 0.3) is 0 Å². The van der Waals surface area contributed by atoms with Crippen molar-refractivity contribution >= 4 is 11.5 Å². The normalized spacial score (nSPS) is 22.3. The molecule has 2 aromatic rings. The Morgan fingerprint density at radius 2 is 2.19 bits per heavy atom. The smallest absolute Gasteiger partial charge is 0.157 e. The molecule has 5 heteroatoms. The van der Waals surface area contributed by atoms with Gasteiger partial charge < -0.3 is 11.1 Å². The van der Waals surface area contributed by atoms with Crippen LogP contribution in [-0.2, 0) is 0 Å². The van der Waals surface area contributed by atoms with E-state index in [9.17, 15) is 0 Å². The molecule has 0 aliphatic heterocycles. The van der Waals surface area contributed by atoms with E-state index in [1.165, 1.54) is 0 Å². The Balaban J connectivity index is 1.93. The minimum atomic E-state index is 0.330. The minimum Gasteiger partial charge on any atom is -0.367 e. The molecule has 1 aliphatic rings. The van der Waals surface area contributed by atoms with Crippen LogP contribution in [0.15, 0.2) is 18.3 Å². The Bertz CT molecular complexity index is 602. The molecule has 3 N–H and O–H groups in total. The Labute approximate surface area is 125 Å². The van der Waals surface area contributed by atoms with Gasteiger partial charge in [0.05, 0.1) is 6.20 Å². The van der Waals surface area contributed by atoms with E-state index in [0.717, 1.165) is 49.3 Å². The largest absolute Gasteiger partial charge is 0.367 e. The van der Waals surface area contributed by atoms with Crippen LogP contribution in [0.25, 0.3) is 5.65 Å². The molecule has 1 fully saturated rings. The Kier molecular flexibility index (Phi) is 4.10. The zero-order chi connectivity index (χ0) is 14.8. The average molecular weight is 287 g/mol. The van der Waals surface area contributed by atoms with Crippen LogP contribution in [0.5, 0.6) is 0 Å². The van der Waals surface area contributed by atoms with Crippen LogP contribution in [0.2, 0.25) is 0 Å². The molecule has 0 amide bonds. The highest BCUT2D eigenvalue weighted by molar-refractivity contribution is 5.50. The molecular weight excluding hydrogens is 262 g/mol. The fraction of sp³-hybridized carbons (Fsp3) is 0.625. The highest BCUT2D eigenvalue weighted by Crippen LogP contribution is 2.27. The summed E-state index contributed by atoms with van der Waals surface area (Å²) in [4.78, 5) is 4.76. The first-order valence-corrected chi connectivity index (χ1v) is 8.08. The third-order valence-corrected chi connectivity index (χ3v) is 4.61. The van der Waals surface area contributed by atoms with Crippen LogP contribution in [0.1, 0.15) is 57.6 Å². The fourth-order valence-electron chi connectivity index (χ4n) is 3.31. The van der Waals surface area contributed by atoms with E-state index in [1.807, 2.05) is 16.8 Å². The number of rotatable bonds is 5. The van der Waals surface area contributed by atoms with Gasteiger partial charge >= 0.3 is 0 Å². The lowest BCUT2D eigenvalue weighted by atomic mass is 9.99. The number of fused-ring (bicyclic) bond motifs is 1. The maximum absolute atomic E-state index is 6.02. The van der Waals surface area contributed by atoms with Crippen molar-refractivity contribution in [3.8, 4) is 0 Å². The number of hydrogen-bond donors (Lipinski definition) is 2. The van der Waals surface area contributed by atoms with E-state index in [-0.39, 0.29) is 0 Å². The van der Waals surface area contributed by atoms with Gasteiger partial charge in [0.1, 0.15) is 5.82 Å². The van der Waals surface area contributed by atoms with E-state index >= 15 is 0 Å². The summed E-state index contributed by atoms with van der Waals surface area (Å²) < 4.78 is 1.90. The first kappa shape index (κ1) is 14.3. The summed E-state index contributed by atoms with van der Waals surface area (Å²) in [5, 5.41) is 8.02. The number of anilines is 1. The lowest BCUT2D eigenvalue weighted by Crippen LogP contribution is -2.22. The van der Waals surface area contributed by atoms with Gasteiger partial charge in [-0.15, -0.1) is 0 Å². The van der Waals surface area contributed by atoms with Crippen molar-refractivity contribution in [2.24, 2.45) is 5.73 Å². The van der Waals surface area contributed by atoms with E-state index in [2.05, 4.69) is 30.3 Å². The van der Waals surface area contributed by atoms with Crippen molar-refractivity contribution in [2.45, 2.75) is 64.0 Å². The zero-order valence-electron chi connectivity index (χ0n) is 12.9. The standard InChI is InChI=1S/C16H25N5/c1-3-11(4-2)14-10-16(19-13-6-5-12(17)9-13)21-15(20-14)7-8-18-21/h7-8,10-13,19H,3-6,9,17H2,1-2H3/t12-,13-/m1/s1. The third-order valence-electron chi connectivity index (χ3n) is 4.61. The van der Waals surface area contributed by atoms with Crippen LogP contribution in [-0.4, -0.2) is 26.7 Å². The average Bonchev–Trinajstić information content (AvgIpc) is 3.09. The summed E-state index contributed by atoms with van der Waals surface area (Å²) in [6, 6.07) is 4.92. The molecule has 0 unspecified atom stereocenters. The maximum atomic E-state index is 6.02. The summed E-state index contributed by atoms with van der Waals surface area (Å²) in [6.45, 7) is 4.44. The summed E-state index contributed by atoms with van der Waals surface area (Å²) in [5.74, 6) is 1.56. The maximum Gasteiger partial charge on any atom is 0.157 e. The molecular formula is C16H25N5. The van der Waals surface area contributed by atoms with Crippen LogP contribution >= 0.6 is 0 Å². The molecule has 5 nitrogen and oxygen atoms in total. The second kappa shape index (κ2) is 6.02. The molecule has 0 aromatic carbocycles. The van der Waals surface area contributed by atoms with Crippen LogP contribution in [0.3, 0.4) is 0 Å². The summed E-state index contributed by atoms with van der Waals surface area (Å²) in [6.07, 6.45) is 7.30. The Morgan fingerprint density at radius 3 is 2.86 bits per heavy atom. The van der Waals surface area contributed by atoms with Gasteiger partial charge in [0, 0.05) is 35.8 Å². The highest BCUT2D eigenvalue weighted by atomic mass is 15.3. The molecule has 0 saturated heterocycles. The fourth-order valence-corrected chi connectivity index (χ4v) is 3.31. The molecule has 21 heavy (non-hydrogen) atoms. The molecule has 2 heterocycles. The molecule has 3 rings (SSSR count). The molecule has 1 aliphatic carbocycles. The summed E-state index contributed by atoms with van der Waals surface area (Å²) >= 11 is 0. The summed E-state index contributed by atoms with van der Waals surface area (Å²) in [7, 11) is 0. The van der Waals surface area contributed by atoms with Crippen LogP contribution in [0, 0.1) is 0 Å². The molecule has 0 radical (unpaired) electrons. The monoisotopic (exact) mass is 287 g/mol. The van der Waals surface area contributed by atoms with Crippen molar-refractivity contribution in [1.82, 2.24) is 14.6 Å². The number of nitrogens with one attached hydrogen (secondary N) is 1. The number of hydrogen-bond acceptors (Lipinski definition) is 4. The lowest BCUT2D eigenvalue weighted by Gasteiger charge is -2.18. The second-order valence-corrected chi connectivity index (χ2v) is 6.10. The topological polar surface area (TPSA) is 68.2 Å². The first-order valence-electron chi connectivity index (χ1n) is 8.08. The number of aromatic nitrogens is 3. The predicted octanol–water partition coefficient (Wildman–Crippen LogP) is 2.92. The van der Waals surface area contributed by atoms with E-state index in [0.29, 0.717) is 18.0 Å². The summed E-state index contributed by atoms with van der Waals surface area (Å²) in [5.41, 5.74) is 8.10. The van der Waals surface area contributed by atoms with Gasteiger partial charge in [-0.3, -0.25) is 0 Å². The zero-order valence-corrected chi connectivity index (χ0v) is 12.9. The second-order valence-electron chi connectivity index (χ2n) is 6.10. The minimum absolute atomic E-state index is 0.330. The first-order chi connectivity index (χ1) is 10.2. The molecule has 0 bridgehead atoms. The number of nitrogens with two attached hydrogens (primary N) is 1. The van der Waals surface area contributed by atoms with Crippen LogP contribution < -0.4 is 11.1 Å². The van der Waals surface area contributed by atoms with Crippen molar-refractivity contribution in [2.75, 3.05) is 5.32 Å². The Hall–Kier alpha value is -1.62. The van der Waals surface area contributed by atoms with E-state index in [4.69, 9.17) is 10.7 Å². The SMILES string of the molecule is CCC(CC)c1cc(N[C@@H]2CC[C@@H](N)C2)n2nccc2n1. The quantitative estimate of drug-likeness (QED) is 0.887. The van der Waals surface area contributed by atoms with Gasteiger partial charge in [-0.1, -0.05) is 13.8 Å². The van der Waals surface area contributed by atoms with E-state index < -0.39 is 0 Å². The molecule has 2 aromatic heterocycles. The number of nitrogens with zero attached hydrogens (tertiary/aromatic N) is 3. The van der Waals surface area contributed by atoms with Crippen molar-refractivity contribution in [3.05, 3.63) is 24.0 Å². The van der Waals surface area contributed by atoms with Crippen molar-refractivity contribution < 1.29 is 0 Å². The van der Waals surface area contributed by atoms with Gasteiger partial charge in [-0.05, 0) is 32.1 Å². The van der Waals surface area contributed by atoms with E-state index in [1.54, 1.807) is 0 Å². The van der Waals surface area contributed by atoms with Gasteiger partial charge in [0.2, 0.25) is 0 Å². The van der Waals surface area contributed by atoms with Crippen molar-refractivity contribution in [3.63, 3.8) is 0 Å². The molecule has 2 atom stereocenters. The molecule has 114 valence electrons.